The van der Waals surface area contributed by atoms with Gasteiger partial charge in [0.25, 0.3) is 0 Å². The normalized spacial score (nSPS) is 11.9. The van der Waals surface area contributed by atoms with Crippen LogP contribution in [-0.2, 0) is 0 Å². The van der Waals surface area contributed by atoms with Gasteiger partial charge in [0.1, 0.15) is 0 Å². The van der Waals surface area contributed by atoms with Gasteiger partial charge in [0.2, 0.25) is 0 Å². The van der Waals surface area contributed by atoms with E-state index in [4.69, 9.17) is 0 Å². The number of rotatable bonds is 6. The standard InChI is InChI=1S/C16H26/c1-7-10-12-16(13(4)5)14(6)15(9-3)11-8-2/h8-9,11H,6-7,10,12H2,1-5H3/b11-8-,15-9+. The van der Waals surface area contributed by atoms with Gasteiger partial charge in [-0.15, -0.1) is 0 Å². The largest absolute Gasteiger partial charge is 0.0909 e. The van der Waals surface area contributed by atoms with E-state index >= 15 is 0 Å². The summed E-state index contributed by atoms with van der Waals surface area (Å²) in [5.74, 6) is 0. The van der Waals surface area contributed by atoms with Crippen LogP contribution in [0.1, 0.15) is 53.9 Å². The summed E-state index contributed by atoms with van der Waals surface area (Å²) < 4.78 is 0. The molecule has 0 radical (unpaired) electrons. The predicted molar refractivity (Wildman–Crippen MR) is 75.6 cm³/mol. The number of allylic oxidation sites excluding steroid dienone is 7. The van der Waals surface area contributed by atoms with Gasteiger partial charge in [0.05, 0.1) is 0 Å². The Hall–Kier alpha value is -1.04. The summed E-state index contributed by atoms with van der Waals surface area (Å²) in [6, 6.07) is 0. The van der Waals surface area contributed by atoms with Crippen LogP contribution < -0.4 is 0 Å². The first kappa shape index (κ1) is 15.0. The van der Waals surface area contributed by atoms with E-state index in [9.17, 15) is 0 Å². The Morgan fingerprint density at radius 3 is 2.19 bits per heavy atom. The zero-order valence-electron chi connectivity index (χ0n) is 11.6. The van der Waals surface area contributed by atoms with Crippen molar-refractivity contribution < 1.29 is 0 Å². The van der Waals surface area contributed by atoms with Crippen LogP contribution in [0.3, 0.4) is 0 Å². The summed E-state index contributed by atoms with van der Waals surface area (Å²) >= 11 is 0. The maximum Gasteiger partial charge on any atom is -0.0228 e. The zero-order chi connectivity index (χ0) is 12.6. The Labute approximate surface area is 101 Å². The molecule has 0 unspecified atom stereocenters. The van der Waals surface area contributed by atoms with Crippen molar-refractivity contribution in [2.75, 3.05) is 0 Å². The van der Waals surface area contributed by atoms with E-state index in [1.807, 2.05) is 6.92 Å². The van der Waals surface area contributed by atoms with Crippen LogP contribution in [0.2, 0.25) is 0 Å². The highest BCUT2D eigenvalue weighted by atomic mass is 14.1. The van der Waals surface area contributed by atoms with Crippen molar-refractivity contribution in [2.24, 2.45) is 0 Å². The lowest BCUT2D eigenvalue weighted by molar-refractivity contribution is 0.787. The smallest absolute Gasteiger partial charge is 0.0228 e. The fourth-order valence-corrected chi connectivity index (χ4v) is 1.78. The lowest BCUT2D eigenvalue weighted by Crippen LogP contribution is -1.94. The van der Waals surface area contributed by atoms with Crippen molar-refractivity contribution in [1.82, 2.24) is 0 Å². The van der Waals surface area contributed by atoms with Gasteiger partial charge in [-0.2, -0.15) is 0 Å². The van der Waals surface area contributed by atoms with E-state index in [-0.39, 0.29) is 0 Å². The van der Waals surface area contributed by atoms with E-state index < -0.39 is 0 Å². The van der Waals surface area contributed by atoms with Crippen molar-refractivity contribution >= 4 is 0 Å². The molecule has 0 aromatic heterocycles. The third-order valence-electron chi connectivity index (χ3n) is 2.75. The minimum Gasteiger partial charge on any atom is -0.0909 e. The summed E-state index contributed by atoms with van der Waals surface area (Å²) in [6.07, 6.45) is 9.97. The van der Waals surface area contributed by atoms with Gasteiger partial charge in [-0.25, -0.2) is 0 Å². The summed E-state index contributed by atoms with van der Waals surface area (Å²) in [5.41, 5.74) is 5.25. The van der Waals surface area contributed by atoms with E-state index in [1.54, 1.807) is 0 Å². The third-order valence-corrected chi connectivity index (χ3v) is 2.75. The predicted octanol–water partition coefficient (Wildman–Crippen LogP) is 5.59. The Bertz CT molecular complexity index is 307. The molecule has 0 bridgehead atoms. The molecule has 0 atom stereocenters. The van der Waals surface area contributed by atoms with E-state index in [0.29, 0.717) is 0 Å². The maximum absolute atomic E-state index is 4.24. The molecule has 0 amide bonds. The lowest BCUT2D eigenvalue weighted by Gasteiger charge is -2.14. The first-order valence-electron chi connectivity index (χ1n) is 6.23. The number of hydrogen-bond donors (Lipinski definition) is 0. The molecule has 0 rings (SSSR count). The quantitative estimate of drug-likeness (QED) is 0.510. The molecular formula is C16H26. The fraction of sp³-hybridized carbons (Fsp3) is 0.500. The Balaban J connectivity index is 4.96. The average molecular weight is 218 g/mol. The monoisotopic (exact) mass is 218 g/mol. The van der Waals surface area contributed by atoms with Crippen LogP contribution in [0, 0.1) is 0 Å². The van der Waals surface area contributed by atoms with Gasteiger partial charge in [-0.05, 0) is 57.3 Å². The van der Waals surface area contributed by atoms with Crippen molar-refractivity contribution in [3.05, 3.63) is 47.1 Å². The lowest BCUT2D eigenvalue weighted by atomic mass is 9.92. The molecule has 0 nitrogen and oxygen atoms in total. The van der Waals surface area contributed by atoms with Crippen LogP contribution in [0.4, 0.5) is 0 Å². The van der Waals surface area contributed by atoms with Gasteiger partial charge >= 0.3 is 0 Å². The second-order valence-corrected chi connectivity index (χ2v) is 4.30. The molecule has 0 aliphatic heterocycles. The molecule has 0 heterocycles. The van der Waals surface area contributed by atoms with Crippen molar-refractivity contribution in [3.8, 4) is 0 Å². The molecule has 90 valence electrons. The molecule has 0 aromatic carbocycles. The molecule has 0 aliphatic rings. The summed E-state index contributed by atoms with van der Waals surface area (Å²) in [7, 11) is 0. The van der Waals surface area contributed by atoms with E-state index in [0.717, 1.165) is 6.42 Å². The Kier molecular flexibility index (Phi) is 7.62. The highest BCUT2D eigenvalue weighted by Gasteiger charge is 2.06. The molecule has 0 saturated heterocycles. The number of unbranched alkanes of at least 4 members (excludes halogenated alkanes) is 1. The van der Waals surface area contributed by atoms with Crippen LogP contribution in [-0.4, -0.2) is 0 Å². The number of hydrogen-bond acceptors (Lipinski definition) is 0. The van der Waals surface area contributed by atoms with Gasteiger partial charge in [0, 0.05) is 0 Å². The summed E-state index contributed by atoms with van der Waals surface area (Å²) in [6.45, 7) is 14.9. The van der Waals surface area contributed by atoms with Crippen LogP contribution >= 0.6 is 0 Å². The topological polar surface area (TPSA) is 0 Å². The first-order chi connectivity index (χ1) is 7.58. The first-order valence-corrected chi connectivity index (χ1v) is 6.23. The fourth-order valence-electron chi connectivity index (χ4n) is 1.78. The molecule has 0 saturated carbocycles. The van der Waals surface area contributed by atoms with E-state index in [1.165, 1.54) is 35.1 Å². The summed E-state index contributed by atoms with van der Waals surface area (Å²) in [5, 5.41) is 0. The summed E-state index contributed by atoms with van der Waals surface area (Å²) in [4.78, 5) is 0. The SMILES string of the molecule is C=C(C(CCCC)=C(C)C)C(/C=C\C)=C/C. The molecular weight excluding hydrogens is 192 g/mol. The molecule has 0 aromatic rings. The molecule has 16 heavy (non-hydrogen) atoms. The van der Waals surface area contributed by atoms with Crippen molar-refractivity contribution in [3.63, 3.8) is 0 Å². The molecule has 0 heteroatoms. The molecule has 0 aliphatic carbocycles. The molecule has 0 spiro atoms. The average Bonchev–Trinajstić information content (AvgIpc) is 2.25. The Morgan fingerprint density at radius 2 is 1.81 bits per heavy atom. The van der Waals surface area contributed by atoms with E-state index in [2.05, 4.69) is 52.5 Å². The minimum atomic E-state index is 1.15. The van der Waals surface area contributed by atoms with Crippen LogP contribution in [0.5, 0.6) is 0 Å². The highest BCUT2D eigenvalue weighted by molar-refractivity contribution is 5.51. The second-order valence-electron chi connectivity index (χ2n) is 4.30. The minimum absolute atomic E-state index is 1.15. The highest BCUT2D eigenvalue weighted by Crippen LogP contribution is 2.26. The van der Waals surface area contributed by atoms with Crippen molar-refractivity contribution in [2.45, 2.75) is 53.9 Å². The van der Waals surface area contributed by atoms with Crippen LogP contribution in [0.15, 0.2) is 47.1 Å². The van der Waals surface area contributed by atoms with Gasteiger partial charge < -0.3 is 0 Å². The van der Waals surface area contributed by atoms with Gasteiger partial charge in [-0.1, -0.05) is 43.7 Å². The van der Waals surface area contributed by atoms with Gasteiger partial charge in [-0.3, -0.25) is 0 Å². The van der Waals surface area contributed by atoms with Crippen LogP contribution in [0.25, 0.3) is 0 Å². The van der Waals surface area contributed by atoms with Crippen molar-refractivity contribution in [1.29, 1.82) is 0 Å². The van der Waals surface area contributed by atoms with Gasteiger partial charge in [0.15, 0.2) is 0 Å². The zero-order valence-corrected chi connectivity index (χ0v) is 11.6. The maximum atomic E-state index is 4.24. The Morgan fingerprint density at radius 1 is 1.19 bits per heavy atom. The third kappa shape index (κ3) is 4.65. The molecule has 0 fully saturated rings. The second kappa shape index (κ2) is 8.15. The molecule has 0 N–H and O–H groups in total.